The summed E-state index contributed by atoms with van der Waals surface area (Å²) in [6, 6.07) is 0. The van der Waals surface area contributed by atoms with Crippen molar-refractivity contribution in [3.63, 3.8) is 0 Å². The molecule has 1 rings (SSSR count). The third-order valence-corrected chi connectivity index (χ3v) is 3.76. The number of aromatic nitrogens is 1. The van der Waals surface area contributed by atoms with Gasteiger partial charge >= 0.3 is 0 Å². The Morgan fingerprint density at radius 1 is 1.44 bits per heavy atom. The number of ether oxygens (including phenoxy) is 1. The zero-order valence-corrected chi connectivity index (χ0v) is 12.9. The van der Waals surface area contributed by atoms with Gasteiger partial charge in [0.25, 0.3) is 0 Å². The van der Waals surface area contributed by atoms with Crippen LogP contribution in [0.5, 0.6) is 0 Å². The lowest BCUT2D eigenvalue weighted by atomic mass is 10.2. The second-order valence-corrected chi connectivity index (χ2v) is 6.15. The van der Waals surface area contributed by atoms with Crippen molar-refractivity contribution in [3.8, 4) is 0 Å². The molecule has 0 saturated heterocycles. The number of hydrogen-bond acceptors (Lipinski definition) is 5. The second-order valence-electron chi connectivity index (χ2n) is 5.06. The van der Waals surface area contributed by atoms with Crippen molar-refractivity contribution in [3.05, 3.63) is 11.1 Å². The molecule has 0 aromatic carbocycles. The number of anilines is 1. The Bertz CT molecular complexity index is 341. The third kappa shape index (κ3) is 5.33. The Kier molecular flexibility index (Phi) is 6.60. The van der Waals surface area contributed by atoms with Crippen LogP contribution < -0.4 is 10.2 Å². The molecule has 0 aliphatic heterocycles. The SMILES string of the molecule is COC(C)CN(C)c1ncc(CNCC(C)C)s1. The number of thiazole rings is 1. The van der Waals surface area contributed by atoms with Crippen molar-refractivity contribution < 1.29 is 4.74 Å². The van der Waals surface area contributed by atoms with Gasteiger partial charge in [-0.1, -0.05) is 13.8 Å². The number of methoxy groups -OCH3 is 1. The Morgan fingerprint density at radius 2 is 2.17 bits per heavy atom. The number of likely N-dealkylation sites (N-methyl/N-ethyl adjacent to an activating group) is 1. The summed E-state index contributed by atoms with van der Waals surface area (Å²) < 4.78 is 5.26. The van der Waals surface area contributed by atoms with Gasteiger partial charge in [-0.05, 0) is 19.4 Å². The Labute approximate surface area is 114 Å². The van der Waals surface area contributed by atoms with E-state index in [1.807, 2.05) is 6.20 Å². The molecule has 0 bridgehead atoms. The predicted octanol–water partition coefficient (Wildman–Crippen LogP) is 2.36. The first-order valence-electron chi connectivity index (χ1n) is 6.42. The van der Waals surface area contributed by atoms with Crippen LogP contribution >= 0.6 is 11.3 Å². The minimum absolute atomic E-state index is 0.224. The zero-order chi connectivity index (χ0) is 13.5. The van der Waals surface area contributed by atoms with Crippen LogP contribution in [0.2, 0.25) is 0 Å². The molecule has 4 nitrogen and oxygen atoms in total. The predicted molar refractivity (Wildman–Crippen MR) is 78.4 cm³/mol. The van der Waals surface area contributed by atoms with Crippen LogP contribution in [0.4, 0.5) is 5.13 Å². The van der Waals surface area contributed by atoms with E-state index in [2.05, 4.69) is 43.0 Å². The van der Waals surface area contributed by atoms with E-state index in [9.17, 15) is 0 Å². The summed E-state index contributed by atoms with van der Waals surface area (Å²) in [5.41, 5.74) is 0. The molecular formula is C13H25N3OS. The minimum Gasteiger partial charge on any atom is -0.380 e. The highest BCUT2D eigenvalue weighted by Crippen LogP contribution is 2.21. The van der Waals surface area contributed by atoms with Gasteiger partial charge in [0.05, 0.1) is 6.10 Å². The molecule has 0 spiro atoms. The van der Waals surface area contributed by atoms with Gasteiger partial charge in [0.15, 0.2) is 5.13 Å². The molecule has 0 aliphatic carbocycles. The largest absolute Gasteiger partial charge is 0.380 e. The van der Waals surface area contributed by atoms with Crippen LogP contribution in [0.25, 0.3) is 0 Å². The van der Waals surface area contributed by atoms with Crippen molar-refractivity contribution in [2.75, 3.05) is 32.1 Å². The maximum atomic E-state index is 5.26. The molecule has 1 N–H and O–H groups in total. The molecular weight excluding hydrogens is 246 g/mol. The molecule has 1 heterocycles. The lowest BCUT2D eigenvalue weighted by molar-refractivity contribution is 0.124. The molecule has 1 aromatic rings. The number of nitrogens with zero attached hydrogens (tertiary/aromatic N) is 2. The third-order valence-electron chi connectivity index (χ3n) is 2.65. The van der Waals surface area contributed by atoms with E-state index in [1.165, 1.54) is 4.88 Å². The summed E-state index contributed by atoms with van der Waals surface area (Å²) in [6.45, 7) is 9.31. The average molecular weight is 271 g/mol. The highest BCUT2D eigenvalue weighted by molar-refractivity contribution is 7.15. The first-order valence-corrected chi connectivity index (χ1v) is 7.24. The van der Waals surface area contributed by atoms with Gasteiger partial charge < -0.3 is 15.0 Å². The van der Waals surface area contributed by atoms with Gasteiger partial charge in [0.2, 0.25) is 0 Å². The van der Waals surface area contributed by atoms with Crippen molar-refractivity contribution in [2.45, 2.75) is 33.4 Å². The van der Waals surface area contributed by atoms with Crippen LogP contribution in [0, 0.1) is 5.92 Å². The van der Waals surface area contributed by atoms with Gasteiger partial charge in [0.1, 0.15) is 0 Å². The van der Waals surface area contributed by atoms with E-state index >= 15 is 0 Å². The maximum Gasteiger partial charge on any atom is 0.185 e. The fraction of sp³-hybridized carbons (Fsp3) is 0.769. The molecule has 1 aromatic heterocycles. The monoisotopic (exact) mass is 271 g/mol. The first-order chi connectivity index (χ1) is 8.52. The first kappa shape index (κ1) is 15.4. The fourth-order valence-electron chi connectivity index (χ4n) is 1.58. The summed E-state index contributed by atoms with van der Waals surface area (Å²) in [4.78, 5) is 7.87. The summed E-state index contributed by atoms with van der Waals surface area (Å²) in [5, 5.41) is 4.49. The van der Waals surface area contributed by atoms with Crippen LogP contribution in [-0.4, -0.2) is 38.3 Å². The van der Waals surface area contributed by atoms with E-state index < -0.39 is 0 Å². The van der Waals surface area contributed by atoms with Crippen molar-refractivity contribution in [1.82, 2.24) is 10.3 Å². The van der Waals surface area contributed by atoms with Crippen LogP contribution in [0.1, 0.15) is 25.6 Å². The Hall–Kier alpha value is -0.650. The smallest absolute Gasteiger partial charge is 0.185 e. The highest BCUT2D eigenvalue weighted by Gasteiger charge is 2.10. The molecule has 0 saturated carbocycles. The van der Waals surface area contributed by atoms with E-state index in [4.69, 9.17) is 4.74 Å². The normalized spacial score (nSPS) is 13.0. The van der Waals surface area contributed by atoms with E-state index in [1.54, 1.807) is 18.4 Å². The molecule has 5 heteroatoms. The zero-order valence-electron chi connectivity index (χ0n) is 12.1. The van der Waals surface area contributed by atoms with E-state index in [0.717, 1.165) is 24.8 Å². The molecule has 0 radical (unpaired) electrons. The Morgan fingerprint density at radius 3 is 2.78 bits per heavy atom. The average Bonchev–Trinajstić information content (AvgIpc) is 2.77. The number of nitrogens with one attached hydrogen (secondary N) is 1. The van der Waals surface area contributed by atoms with Gasteiger partial charge in [-0.3, -0.25) is 0 Å². The number of hydrogen-bond donors (Lipinski definition) is 1. The summed E-state index contributed by atoms with van der Waals surface area (Å²) in [7, 11) is 3.79. The second kappa shape index (κ2) is 7.71. The van der Waals surface area contributed by atoms with Gasteiger partial charge in [-0.25, -0.2) is 4.98 Å². The molecule has 0 aliphatic rings. The van der Waals surface area contributed by atoms with Crippen molar-refractivity contribution in [1.29, 1.82) is 0 Å². The number of rotatable bonds is 8. The molecule has 0 amide bonds. The molecule has 1 unspecified atom stereocenters. The van der Waals surface area contributed by atoms with E-state index in [0.29, 0.717) is 5.92 Å². The maximum absolute atomic E-state index is 5.26. The van der Waals surface area contributed by atoms with Gasteiger partial charge in [0, 0.05) is 38.3 Å². The summed E-state index contributed by atoms with van der Waals surface area (Å²) in [6.07, 6.45) is 2.18. The lowest BCUT2D eigenvalue weighted by Crippen LogP contribution is -2.28. The van der Waals surface area contributed by atoms with Crippen LogP contribution in [0.15, 0.2) is 6.20 Å². The fourth-order valence-corrected chi connectivity index (χ4v) is 2.43. The molecule has 1 atom stereocenters. The lowest BCUT2D eigenvalue weighted by Gasteiger charge is -2.19. The van der Waals surface area contributed by atoms with Crippen molar-refractivity contribution in [2.24, 2.45) is 5.92 Å². The van der Waals surface area contributed by atoms with E-state index in [-0.39, 0.29) is 6.10 Å². The van der Waals surface area contributed by atoms with Gasteiger partial charge in [-0.15, -0.1) is 11.3 Å². The van der Waals surface area contributed by atoms with Gasteiger partial charge in [-0.2, -0.15) is 0 Å². The highest BCUT2D eigenvalue weighted by atomic mass is 32.1. The molecule has 18 heavy (non-hydrogen) atoms. The Balaban J connectivity index is 2.42. The molecule has 104 valence electrons. The minimum atomic E-state index is 0.224. The summed E-state index contributed by atoms with van der Waals surface area (Å²) in [5.74, 6) is 0.683. The van der Waals surface area contributed by atoms with Crippen molar-refractivity contribution >= 4 is 16.5 Å². The van der Waals surface area contributed by atoms with Crippen LogP contribution in [-0.2, 0) is 11.3 Å². The van der Waals surface area contributed by atoms with Crippen LogP contribution in [0.3, 0.4) is 0 Å². The topological polar surface area (TPSA) is 37.4 Å². The summed E-state index contributed by atoms with van der Waals surface area (Å²) >= 11 is 1.74. The quantitative estimate of drug-likeness (QED) is 0.787. The standard InChI is InChI=1S/C13H25N3OS/c1-10(2)6-14-7-12-8-15-13(18-12)16(4)9-11(3)17-5/h8,10-11,14H,6-7,9H2,1-5H3. The molecule has 0 fully saturated rings.